The van der Waals surface area contributed by atoms with Crippen molar-refractivity contribution in [3.63, 3.8) is 0 Å². The van der Waals surface area contributed by atoms with Crippen LogP contribution in [0.3, 0.4) is 0 Å². The number of hydrogen-bond donors (Lipinski definition) is 1. The van der Waals surface area contributed by atoms with Gasteiger partial charge >= 0.3 is 0 Å². The first-order chi connectivity index (χ1) is 12.3. The van der Waals surface area contributed by atoms with Crippen molar-refractivity contribution in [2.24, 2.45) is 0 Å². The summed E-state index contributed by atoms with van der Waals surface area (Å²) in [7, 11) is 0. The Morgan fingerprint density at radius 1 is 1.27 bits per heavy atom. The van der Waals surface area contributed by atoms with Gasteiger partial charge < -0.3 is 10.1 Å². The first kappa shape index (κ1) is 18.8. The van der Waals surface area contributed by atoms with Gasteiger partial charge in [0.2, 0.25) is 5.91 Å². The highest BCUT2D eigenvalue weighted by Crippen LogP contribution is 2.40. The van der Waals surface area contributed by atoms with E-state index in [-0.39, 0.29) is 22.8 Å². The molecule has 3 rings (SSSR count). The van der Waals surface area contributed by atoms with Gasteiger partial charge in [-0.1, -0.05) is 42.5 Å². The van der Waals surface area contributed by atoms with Crippen molar-refractivity contribution >= 4 is 17.7 Å². The van der Waals surface area contributed by atoms with Gasteiger partial charge in [-0.15, -0.1) is 11.8 Å². The highest BCUT2D eigenvalue weighted by atomic mass is 32.2. The van der Waals surface area contributed by atoms with E-state index < -0.39 is 0 Å². The number of fused-ring (bicyclic) bond motifs is 1. The molecule has 1 amide bonds. The van der Waals surface area contributed by atoms with E-state index in [0.29, 0.717) is 0 Å². The van der Waals surface area contributed by atoms with Crippen LogP contribution in [0.15, 0.2) is 48.5 Å². The van der Waals surface area contributed by atoms with Crippen molar-refractivity contribution in [2.75, 3.05) is 0 Å². The second kappa shape index (κ2) is 7.75. The number of amides is 1. The summed E-state index contributed by atoms with van der Waals surface area (Å²) in [5.41, 5.74) is 3.19. The molecule has 2 atom stereocenters. The minimum absolute atomic E-state index is 0.0124. The molecule has 4 heteroatoms. The lowest BCUT2D eigenvalue weighted by Gasteiger charge is -2.38. The van der Waals surface area contributed by atoms with Gasteiger partial charge in [-0.05, 0) is 44.9 Å². The Morgan fingerprint density at radius 2 is 2.00 bits per heavy atom. The SMILES string of the molecule is Cc1ccc2c(c1)OC(C)(C)C[C@H]2NC(=O)[C@@H](C)SCc1ccccc1. The van der Waals surface area contributed by atoms with Crippen molar-refractivity contribution in [2.45, 2.75) is 56.8 Å². The molecule has 1 N–H and O–H groups in total. The quantitative estimate of drug-likeness (QED) is 0.803. The molecule has 1 aliphatic heterocycles. The normalized spacial score (nSPS) is 19.2. The summed E-state index contributed by atoms with van der Waals surface area (Å²) in [6, 6.07) is 16.5. The fourth-order valence-corrected chi connectivity index (χ4v) is 4.10. The van der Waals surface area contributed by atoms with E-state index in [2.05, 4.69) is 56.4 Å². The molecule has 0 spiro atoms. The van der Waals surface area contributed by atoms with Gasteiger partial charge in [0.25, 0.3) is 0 Å². The third kappa shape index (κ3) is 4.61. The summed E-state index contributed by atoms with van der Waals surface area (Å²) in [5, 5.41) is 3.14. The molecular weight excluding hydrogens is 342 g/mol. The first-order valence-corrected chi connectivity index (χ1v) is 10.1. The van der Waals surface area contributed by atoms with Crippen molar-refractivity contribution in [1.29, 1.82) is 0 Å². The van der Waals surface area contributed by atoms with Crippen LogP contribution in [-0.2, 0) is 10.5 Å². The molecule has 0 aromatic heterocycles. The Kier molecular flexibility index (Phi) is 5.61. The highest BCUT2D eigenvalue weighted by molar-refractivity contribution is 7.99. The van der Waals surface area contributed by atoms with Crippen LogP contribution in [-0.4, -0.2) is 16.8 Å². The number of carbonyl (C=O) groups excluding carboxylic acids is 1. The van der Waals surface area contributed by atoms with Gasteiger partial charge in [0.1, 0.15) is 11.4 Å². The van der Waals surface area contributed by atoms with Crippen LogP contribution < -0.4 is 10.1 Å². The number of benzene rings is 2. The third-order valence-corrected chi connectivity index (χ3v) is 5.87. The summed E-state index contributed by atoms with van der Waals surface area (Å²) in [4.78, 5) is 12.7. The van der Waals surface area contributed by atoms with Gasteiger partial charge in [-0.2, -0.15) is 0 Å². The predicted molar refractivity (Wildman–Crippen MR) is 109 cm³/mol. The van der Waals surface area contributed by atoms with Crippen LogP contribution in [0.1, 0.15) is 49.9 Å². The molecule has 0 bridgehead atoms. The van der Waals surface area contributed by atoms with Crippen LogP contribution in [0.5, 0.6) is 5.75 Å². The topological polar surface area (TPSA) is 38.3 Å². The molecule has 2 aromatic rings. The van der Waals surface area contributed by atoms with E-state index >= 15 is 0 Å². The molecule has 1 heterocycles. The van der Waals surface area contributed by atoms with Gasteiger partial charge in [-0.25, -0.2) is 0 Å². The summed E-state index contributed by atoms with van der Waals surface area (Å²) in [6.07, 6.45) is 0.769. The maximum atomic E-state index is 12.7. The van der Waals surface area contributed by atoms with Crippen molar-refractivity contribution < 1.29 is 9.53 Å². The van der Waals surface area contributed by atoms with Crippen molar-refractivity contribution in [3.05, 3.63) is 65.2 Å². The molecule has 3 nitrogen and oxygen atoms in total. The Morgan fingerprint density at radius 3 is 2.73 bits per heavy atom. The molecule has 0 saturated carbocycles. The minimum atomic E-state index is -0.293. The second-order valence-corrected chi connectivity index (χ2v) is 8.94. The number of rotatable bonds is 5. The zero-order valence-corrected chi connectivity index (χ0v) is 16.7. The summed E-state index contributed by atoms with van der Waals surface area (Å²) in [6.45, 7) is 8.18. The number of carbonyl (C=O) groups is 1. The van der Waals surface area contributed by atoms with Gasteiger partial charge in [0.05, 0.1) is 11.3 Å². The fourth-order valence-electron chi connectivity index (χ4n) is 3.25. The maximum Gasteiger partial charge on any atom is 0.233 e. The summed E-state index contributed by atoms with van der Waals surface area (Å²) < 4.78 is 6.12. The van der Waals surface area contributed by atoms with Crippen molar-refractivity contribution in [3.8, 4) is 5.75 Å². The molecule has 26 heavy (non-hydrogen) atoms. The lowest BCUT2D eigenvalue weighted by atomic mass is 9.89. The standard InChI is InChI=1S/C22H27NO2S/c1-15-10-11-18-19(13-22(3,4)25-20(18)12-15)23-21(24)16(2)26-14-17-8-6-5-7-9-17/h5-12,16,19H,13-14H2,1-4H3,(H,23,24)/t16-,19-/m1/s1. The number of ether oxygens (including phenoxy) is 1. The zero-order valence-electron chi connectivity index (χ0n) is 15.9. The first-order valence-electron chi connectivity index (χ1n) is 9.09. The average molecular weight is 370 g/mol. The second-order valence-electron chi connectivity index (χ2n) is 7.61. The molecule has 2 aromatic carbocycles. The molecule has 0 fully saturated rings. The smallest absolute Gasteiger partial charge is 0.233 e. The fraction of sp³-hybridized carbons (Fsp3) is 0.409. The predicted octanol–water partition coefficient (Wildman–Crippen LogP) is 5.04. The molecule has 1 aliphatic rings. The molecule has 138 valence electrons. The van der Waals surface area contributed by atoms with E-state index in [0.717, 1.165) is 23.5 Å². The van der Waals surface area contributed by atoms with Crippen LogP contribution in [0.25, 0.3) is 0 Å². The molecule has 0 radical (unpaired) electrons. The Labute approximate surface area is 160 Å². The Bertz CT molecular complexity index is 773. The zero-order chi connectivity index (χ0) is 18.7. The largest absolute Gasteiger partial charge is 0.487 e. The highest BCUT2D eigenvalue weighted by Gasteiger charge is 2.35. The van der Waals surface area contributed by atoms with E-state index in [1.165, 1.54) is 11.1 Å². The third-order valence-electron chi connectivity index (χ3n) is 4.65. The molecule has 0 aliphatic carbocycles. The van der Waals surface area contributed by atoms with Gasteiger partial charge in [0, 0.05) is 17.7 Å². The van der Waals surface area contributed by atoms with E-state index in [1.54, 1.807) is 11.8 Å². The number of nitrogens with one attached hydrogen (secondary N) is 1. The lowest BCUT2D eigenvalue weighted by Crippen LogP contribution is -2.43. The van der Waals surface area contributed by atoms with E-state index in [9.17, 15) is 4.79 Å². The van der Waals surface area contributed by atoms with Gasteiger partial charge in [-0.3, -0.25) is 4.79 Å². The number of thioether (sulfide) groups is 1. The van der Waals surface area contributed by atoms with Crippen molar-refractivity contribution in [1.82, 2.24) is 5.32 Å². The summed E-state index contributed by atoms with van der Waals surface area (Å²) in [5.74, 6) is 1.81. The van der Waals surface area contributed by atoms with E-state index in [1.807, 2.05) is 25.1 Å². The molecule has 0 saturated heterocycles. The summed E-state index contributed by atoms with van der Waals surface area (Å²) >= 11 is 1.67. The maximum absolute atomic E-state index is 12.7. The number of aryl methyl sites for hydroxylation is 1. The molecule has 0 unspecified atom stereocenters. The van der Waals surface area contributed by atoms with Crippen LogP contribution in [0, 0.1) is 6.92 Å². The monoisotopic (exact) mass is 369 g/mol. The Hall–Kier alpha value is -1.94. The average Bonchev–Trinajstić information content (AvgIpc) is 2.59. The molecular formula is C22H27NO2S. The van der Waals surface area contributed by atoms with Crippen LogP contribution in [0.4, 0.5) is 0 Å². The van der Waals surface area contributed by atoms with Crippen LogP contribution >= 0.6 is 11.8 Å². The lowest BCUT2D eigenvalue weighted by molar-refractivity contribution is -0.121. The van der Waals surface area contributed by atoms with Crippen LogP contribution in [0.2, 0.25) is 0 Å². The Balaban J connectivity index is 1.66. The minimum Gasteiger partial charge on any atom is -0.487 e. The van der Waals surface area contributed by atoms with Gasteiger partial charge in [0.15, 0.2) is 0 Å². The number of hydrogen-bond acceptors (Lipinski definition) is 3. The van der Waals surface area contributed by atoms with E-state index in [4.69, 9.17) is 4.74 Å².